The van der Waals surface area contributed by atoms with Gasteiger partial charge in [0.15, 0.2) is 0 Å². The van der Waals surface area contributed by atoms with Crippen LogP contribution in [-0.4, -0.2) is 28.2 Å². The van der Waals surface area contributed by atoms with E-state index >= 15 is 0 Å². The van der Waals surface area contributed by atoms with Crippen LogP contribution >= 0.6 is 23.4 Å². The monoisotopic (exact) mass is 596 g/mol. The van der Waals surface area contributed by atoms with E-state index in [1.54, 1.807) is 48.2 Å². The second-order valence-electron chi connectivity index (χ2n) is 9.29. The van der Waals surface area contributed by atoms with Gasteiger partial charge in [0.2, 0.25) is 0 Å². The Morgan fingerprint density at radius 3 is 2.20 bits per heavy atom. The van der Waals surface area contributed by atoms with Gasteiger partial charge in [-0.25, -0.2) is 0 Å². The first kappa shape index (κ1) is 28.1. The van der Waals surface area contributed by atoms with Crippen LogP contribution in [0.15, 0.2) is 70.4 Å². The van der Waals surface area contributed by atoms with E-state index in [2.05, 4.69) is 0 Å². The third-order valence-electron chi connectivity index (χ3n) is 6.58. The van der Waals surface area contributed by atoms with Crippen LogP contribution < -0.4 is 5.56 Å². The van der Waals surface area contributed by atoms with Gasteiger partial charge in [0.05, 0.1) is 16.6 Å². The van der Waals surface area contributed by atoms with Gasteiger partial charge >= 0.3 is 12.4 Å². The number of halogens is 7. The molecule has 4 nitrogen and oxygen atoms in total. The maximum atomic E-state index is 13.8. The summed E-state index contributed by atoms with van der Waals surface area (Å²) in [6, 6.07) is 13.1. The highest BCUT2D eigenvalue weighted by molar-refractivity contribution is 7.99. The Labute approximate surface area is 233 Å². The zero-order chi connectivity index (χ0) is 29.0. The van der Waals surface area contributed by atoms with Gasteiger partial charge in [-0.15, -0.1) is 11.8 Å². The maximum absolute atomic E-state index is 13.8. The molecule has 0 N–H and O–H groups in total. The van der Waals surface area contributed by atoms with Gasteiger partial charge in [0, 0.05) is 46.8 Å². The third kappa shape index (κ3) is 5.19. The number of thioether (sulfide) groups is 1. The summed E-state index contributed by atoms with van der Waals surface area (Å²) in [5.41, 5.74) is -2.70. The van der Waals surface area contributed by atoms with Crippen molar-refractivity contribution in [2.75, 3.05) is 12.8 Å². The minimum absolute atomic E-state index is 0.0278. The van der Waals surface area contributed by atoms with E-state index in [1.165, 1.54) is 11.6 Å². The lowest BCUT2D eigenvalue weighted by Crippen LogP contribution is -2.36. The van der Waals surface area contributed by atoms with Gasteiger partial charge in [-0.2, -0.15) is 26.3 Å². The van der Waals surface area contributed by atoms with Crippen molar-refractivity contribution < 1.29 is 31.1 Å². The molecular formula is C28H19ClF6N2O2S. The number of para-hydroxylation sites is 1. The van der Waals surface area contributed by atoms with Crippen LogP contribution in [0.25, 0.3) is 22.0 Å². The summed E-state index contributed by atoms with van der Waals surface area (Å²) in [5, 5.41) is 1.04. The van der Waals surface area contributed by atoms with E-state index in [0.29, 0.717) is 51.5 Å². The van der Waals surface area contributed by atoms with Crippen molar-refractivity contribution in [2.45, 2.75) is 30.3 Å². The van der Waals surface area contributed by atoms with Gasteiger partial charge in [0.1, 0.15) is 5.56 Å². The van der Waals surface area contributed by atoms with Gasteiger partial charge < -0.3 is 9.47 Å². The molecule has 1 aliphatic heterocycles. The van der Waals surface area contributed by atoms with Crippen LogP contribution in [-0.2, 0) is 25.4 Å². The summed E-state index contributed by atoms with van der Waals surface area (Å²) in [4.78, 5) is 29.5. The number of benzene rings is 3. The molecule has 0 saturated carbocycles. The average Bonchev–Trinajstić information content (AvgIpc) is 2.89. The Balaban J connectivity index is 1.66. The standard InChI is InChI=1S/C28H19ClF6N2O2S/c1-36(14-15-11-17(27(30,31)32)13-18(12-15)28(33,34)35)25(38)23-22(16-5-7-19(29)8-6-16)20-3-2-4-21-24(20)37(26(23)39)9-10-40-21/h2-8,11-13H,9-10,14H2,1H3. The van der Waals surface area contributed by atoms with Crippen LogP contribution in [0, 0.1) is 0 Å². The van der Waals surface area contributed by atoms with Crippen molar-refractivity contribution >= 4 is 40.2 Å². The molecule has 1 aromatic heterocycles. The lowest BCUT2D eigenvalue weighted by Gasteiger charge is -2.25. The average molecular weight is 597 g/mol. The molecule has 12 heteroatoms. The molecule has 0 aliphatic carbocycles. The van der Waals surface area contributed by atoms with Crippen molar-refractivity contribution in [3.63, 3.8) is 0 Å². The highest BCUT2D eigenvalue weighted by Crippen LogP contribution is 2.39. The lowest BCUT2D eigenvalue weighted by atomic mass is 9.94. The molecule has 208 valence electrons. The quantitative estimate of drug-likeness (QED) is 0.226. The molecule has 2 heterocycles. The highest BCUT2D eigenvalue weighted by atomic mass is 35.5. The van der Waals surface area contributed by atoms with E-state index in [9.17, 15) is 35.9 Å². The molecular weight excluding hydrogens is 578 g/mol. The lowest BCUT2D eigenvalue weighted by molar-refractivity contribution is -0.143. The molecule has 0 atom stereocenters. The highest BCUT2D eigenvalue weighted by Gasteiger charge is 2.37. The smallest absolute Gasteiger partial charge is 0.337 e. The minimum Gasteiger partial charge on any atom is -0.337 e. The van der Waals surface area contributed by atoms with Crippen LogP contribution in [0.5, 0.6) is 0 Å². The summed E-state index contributed by atoms with van der Waals surface area (Å²) in [5.74, 6) is -0.254. The Kier molecular flexibility index (Phi) is 7.16. The summed E-state index contributed by atoms with van der Waals surface area (Å²) < 4.78 is 81.8. The number of carbonyl (C=O) groups is 1. The number of hydrogen-bond donors (Lipinski definition) is 0. The molecule has 0 unspecified atom stereocenters. The number of pyridine rings is 1. The predicted octanol–water partition coefficient (Wildman–Crippen LogP) is 7.74. The van der Waals surface area contributed by atoms with Gasteiger partial charge in [-0.05, 0) is 47.5 Å². The summed E-state index contributed by atoms with van der Waals surface area (Å²) in [7, 11) is 1.23. The molecule has 1 amide bonds. The topological polar surface area (TPSA) is 42.3 Å². The second kappa shape index (κ2) is 10.2. The number of aromatic nitrogens is 1. The number of alkyl halides is 6. The van der Waals surface area contributed by atoms with Crippen LogP contribution in [0.3, 0.4) is 0 Å². The molecule has 4 aromatic rings. The van der Waals surface area contributed by atoms with Crippen molar-refractivity contribution in [1.82, 2.24) is 9.47 Å². The third-order valence-corrected chi connectivity index (χ3v) is 7.86. The van der Waals surface area contributed by atoms with Crippen molar-refractivity contribution in [3.05, 3.63) is 98.3 Å². The molecule has 0 bridgehead atoms. The zero-order valence-corrected chi connectivity index (χ0v) is 22.2. The maximum Gasteiger partial charge on any atom is 0.416 e. The molecule has 0 radical (unpaired) electrons. The Bertz CT molecular complexity index is 1670. The van der Waals surface area contributed by atoms with E-state index in [1.807, 2.05) is 6.07 Å². The largest absolute Gasteiger partial charge is 0.416 e. The van der Waals surface area contributed by atoms with Crippen LogP contribution in [0.4, 0.5) is 26.3 Å². The molecule has 1 aliphatic rings. The number of nitrogens with zero attached hydrogens (tertiary/aromatic N) is 2. The number of hydrogen-bond acceptors (Lipinski definition) is 3. The second-order valence-corrected chi connectivity index (χ2v) is 10.9. The van der Waals surface area contributed by atoms with Gasteiger partial charge in [-0.1, -0.05) is 35.9 Å². The van der Waals surface area contributed by atoms with Crippen LogP contribution in [0.1, 0.15) is 27.0 Å². The minimum atomic E-state index is -5.03. The first-order valence-electron chi connectivity index (χ1n) is 11.9. The van der Waals surface area contributed by atoms with E-state index in [-0.39, 0.29) is 17.2 Å². The summed E-state index contributed by atoms with van der Waals surface area (Å²) >= 11 is 7.62. The van der Waals surface area contributed by atoms with Crippen molar-refractivity contribution in [3.8, 4) is 11.1 Å². The molecule has 0 spiro atoms. The normalized spacial score (nSPS) is 13.5. The Hall–Kier alpha value is -3.44. The van der Waals surface area contributed by atoms with Gasteiger partial charge in [-0.3, -0.25) is 9.59 Å². The SMILES string of the molecule is CN(Cc1cc(C(F)(F)F)cc(C(F)(F)F)c1)C(=O)c1c(-c2ccc(Cl)cc2)c2cccc3c2n(c1=O)CCS3. The van der Waals surface area contributed by atoms with E-state index < -0.39 is 41.5 Å². The van der Waals surface area contributed by atoms with Gasteiger partial charge in [0.25, 0.3) is 11.5 Å². The van der Waals surface area contributed by atoms with Crippen LogP contribution in [0.2, 0.25) is 5.02 Å². The summed E-state index contributed by atoms with van der Waals surface area (Å²) in [6.07, 6.45) is -10.1. The molecule has 40 heavy (non-hydrogen) atoms. The fourth-order valence-corrected chi connectivity index (χ4v) is 5.97. The van der Waals surface area contributed by atoms with E-state index in [4.69, 9.17) is 11.6 Å². The fraction of sp³-hybridized carbons (Fsp3) is 0.214. The fourth-order valence-electron chi connectivity index (χ4n) is 4.82. The van der Waals surface area contributed by atoms with E-state index in [0.717, 1.165) is 9.80 Å². The molecule has 0 fully saturated rings. The van der Waals surface area contributed by atoms with Crippen molar-refractivity contribution in [1.29, 1.82) is 0 Å². The molecule has 3 aromatic carbocycles. The Morgan fingerprint density at radius 1 is 0.975 bits per heavy atom. The van der Waals surface area contributed by atoms with Crippen molar-refractivity contribution in [2.24, 2.45) is 0 Å². The molecule has 5 rings (SSSR count). The molecule has 0 saturated heterocycles. The summed E-state index contributed by atoms with van der Waals surface area (Å²) in [6.45, 7) is -0.274. The predicted molar refractivity (Wildman–Crippen MR) is 142 cm³/mol. The number of aryl methyl sites for hydroxylation is 1. The number of amides is 1. The number of rotatable bonds is 4. The number of carbonyl (C=O) groups excluding carboxylic acids is 1. The Morgan fingerprint density at radius 2 is 1.60 bits per heavy atom. The first-order chi connectivity index (χ1) is 18.8. The zero-order valence-electron chi connectivity index (χ0n) is 20.7. The first-order valence-corrected chi connectivity index (χ1v) is 13.2.